The van der Waals surface area contributed by atoms with Crippen molar-refractivity contribution < 1.29 is 28.7 Å². The first-order valence-corrected chi connectivity index (χ1v) is 11.5. The Morgan fingerprint density at radius 3 is 2.50 bits per heavy atom. The standard InChI is InChI=1S/C24H27N3O6S/c1-14-5-7-17(8-6-14)13-18-22(29)27(24(31)34-18)10-9-25-21(28)20-15(2)19(16(3)26-20)23(30)33-12-11-32-4/h5-8,13,26H,9-12H2,1-4H3,(H,25,28). The molecule has 1 aliphatic rings. The van der Waals surface area contributed by atoms with E-state index in [4.69, 9.17) is 9.47 Å². The Hall–Kier alpha value is -3.37. The molecule has 1 fully saturated rings. The number of H-pyrrole nitrogens is 1. The molecule has 180 valence electrons. The Morgan fingerprint density at radius 2 is 1.82 bits per heavy atom. The summed E-state index contributed by atoms with van der Waals surface area (Å²) in [6.45, 7) is 5.78. The second-order valence-electron chi connectivity index (χ2n) is 7.75. The topological polar surface area (TPSA) is 118 Å². The first-order chi connectivity index (χ1) is 16.2. The molecule has 0 bridgehead atoms. The first kappa shape index (κ1) is 25.3. The number of nitrogens with one attached hydrogen (secondary N) is 2. The number of aromatic nitrogens is 1. The van der Waals surface area contributed by atoms with Gasteiger partial charge >= 0.3 is 5.97 Å². The number of rotatable bonds is 9. The normalized spacial score (nSPS) is 14.7. The maximum absolute atomic E-state index is 12.7. The lowest BCUT2D eigenvalue weighted by Gasteiger charge is -2.13. The number of thioether (sulfide) groups is 1. The molecular weight excluding hydrogens is 458 g/mol. The highest BCUT2D eigenvalue weighted by molar-refractivity contribution is 8.18. The van der Waals surface area contributed by atoms with Gasteiger partial charge in [-0.3, -0.25) is 19.3 Å². The van der Waals surface area contributed by atoms with Gasteiger partial charge in [-0.05, 0) is 49.7 Å². The minimum atomic E-state index is -0.541. The second kappa shape index (κ2) is 11.2. The van der Waals surface area contributed by atoms with Crippen molar-refractivity contribution in [1.82, 2.24) is 15.2 Å². The van der Waals surface area contributed by atoms with E-state index in [1.807, 2.05) is 31.2 Å². The van der Waals surface area contributed by atoms with Crippen molar-refractivity contribution in [2.45, 2.75) is 20.8 Å². The summed E-state index contributed by atoms with van der Waals surface area (Å²) in [7, 11) is 1.51. The minimum absolute atomic E-state index is 0.0340. The molecule has 2 heterocycles. The molecule has 2 aromatic rings. The van der Waals surface area contributed by atoms with E-state index in [-0.39, 0.29) is 37.2 Å². The Bertz CT molecular complexity index is 1140. The summed E-state index contributed by atoms with van der Waals surface area (Å²) < 4.78 is 10.0. The lowest BCUT2D eigenvalue weighted by atomic mass is 10.1. The van der Waals surface area contributed by atoms with Crippen molar-refractivity contribution in [2.24, 2.45) is 0 Å². The van der Waals surface area contributed by atoms with Gasteiger partial charge in [-0.1, -0.05) is 29.8 Å². The third-order valence-corrected chi connectivity index (χ3v) is 6.17. The predicted molar refractivity (Wildman–Crippen MR) is 129 cm³/mol. The van der Waals surface area contributed by atoms with E-state index >= 15 is 0 Å². The van der Waals surface area contributed by atoms with Crippen LogP contribution in [0.4, 0.5) is 4.79 Å². The Balaban J connectivity index is 1.59. The van der Waals surface area contributed by atoms with Crippen LogP contribution in [0.2, 0.25) is 0 Å². The smallest absolute Gasteiger partial charge is 0.340 e. The van der Waals surface area contributed by atoms with Crippen LogP contribution in [0.15, 0.2) is 29.2 Å². The minimum Gasteiger partial charge on any atom is -0.460 e. The number of benzene rings is 1. The molecule has 0 radical (unpaired) electrons. The Morgan fingerprint density at radius 1 is 1.12 bits per heavy atom. The molecule has 1 aliphatic heterocycles. The number of esters is 1. The molecular formula is C24H27N3O6S. The van der Waals surface area contributed by atoms with Crippen LogP contribution in [0.25, 0.3) is 6.08 Å². The number of hydrogen-bond acceptors (Lipinski definition) is 7. The number of methoxy groups -OCH3 is 1. The van der Waals surface area contributed by atoms with Crippen molar-refractivity contribution in [3.8, 4) is 0 Å². The van der Waals surface area contributed by atoms with E-state index in [2.05, 4.69) is 10.3 Å². The second-order valence-corrected chi connectivity index (χ2v) is 8.75. The van der Waals surface area contributed by atoms with Gasteiger partial charge in [0.2, 0.25) is 0 Å². The number of carbonyl (C=O) groups is 4. The van der Waals surface area contributed by atoms with Crippen molar-refractivity contribution in [2.75, 3.05) is 33.4 Å². The maximum atomic E-state index is 12.7. The molecule has 0 atom stereocenters. The summed E-state index contributed by atoms with van der Waals surface area (Å²) >= 11 is 0.874. The maximum Gasteiger partial charge on any atom is 0.340 e. The summed E-state index contributed by atoms with van der Waals surface area (Å²) in [5, 5.41) is 2.31. The van der Waals surface area contributed by atoms with Crippen LogP contribution in [0.3, 0.4) is 0 Å². The fraction of sp³-hybridized carbons (Fsp3) is 0.333. The predicted octanol–water partition coefficient (Wildman–Crippen LogP) is 3.21. The van der Waals surface area contributed by atoms with Gasteiger partial charge in [0.1, 0.15) is 12.3 Å². The average Bonchev–Trinajstić information content (AvgIpc) is 3.24. The molecule has 3 rings (SSSR count). The number of aromatic amines is 1. The fourth-order valence-corrected chi connectivity index (χ4v) is 4.31. The molecule has 0 spiro atoms. The van der Waals surface area contributed by atoms with E-state index in [1.54, 1.807) is 19.9 Å². The van der Waals surface area contributed by atoms with Gasteiger partial charge in [0.15, 0.2) is 0 Å². The number of carbonyl (C=O) groups excluding carboxylic acids is 4. The molecule has 10 heteroatoms. The zero-order valence-corrected chi connectivity index (χ0v) is 20.3. The lowest BCUT2D eigenvalue weighted by Crippen LogP contribution is -2.37. The van der Waals surface area contributed by atoms with Gasteiger partial charge in [-0.15, -0.1) is 0 Å². The largest absolute Gasteiger partial charge is 0.460 e. The third kappa shape index (κ3) is 5.75. The van der Waals surface area contributed by atoms with E-state index in [0.29, 0.717) is 21.7 Å². The number of ether oxygens (including phenoxy) is 2. The molecule has 1 saturated heterocycles. The summed E-state index contributed by atoms with van der Waals surface area (Å²) in [4.78, 5) is 54.3. The number of hydrogen-bond donors (Lipinski definition) is 2. The summed E-state index contributed by atoms with van der Waals surface area (Å²) in [5.41, 5.74) is 3.43. The molecule has 0 aliphatic carbocycles. The monoisotopic (exact) mass is 485 g/mol. The van der Waals surface area contributed by atoms with Crippen molar-refractivity contribution in [3.05, 3.63) is 62.8 Å². The van der Waals surface area contributed by atoms with E-state index in [0.717, 1.165) is 27.8 Å². The van der Waals surface area contributed by atoms with Crippen LogP contribution >= 0.6 is 11.8 Å². The van der Waals surface area contributed by atoms with Crippen LogP contribution in [-0.4, -0.2) is 66.3 Å². The highest BCUT2D eigenvalue weighted by atomic mass is 32.2. The zero-order chi connectivity index (χ0) is 24.8. The highest BCUT2D eigenvalue weighted by Crippen LogP contribution is 2.32. The fourth-order valence-electron chi connectivity index (χ4n) is 3.45. The van der Waals surface area contributed by atoms with Crippen LogP contribution in [-0.2, 0) is 14.3 Å². The summed E-state index contributed by atoms with van der Waals surface area (Å²) in [5.74, 6) is -1.38. The SMILES string of the molecule is COCCOC(=O)c1c(C)[nH]c(C(=O)NCCN2C(=O)SC(=Cc3ccc(C)cc3)C2=O)c1C. The van der Waals surface area contributed by atoms with E-state index in [9.17, 15) is 19.2 Å². The van der Waals surface area contributed by atoms with E-state index in [1.165, 1.54) is 7.11 Å². The van der Waals surface area contributed by atoms with Crippen LogP contribution in [0, 0.1) is 20.8 Å². The molecule has 1 aromatic carbocycles. The van der Waals surface area contributed by atoms with E-state index < -0.39 is 17.8 Å². The third-order valence-electron chi connectivity index (χ3n) is 5.26. The molecule has 2 N–H and O–H groups in total. The summed E-state index contributed by atoms with van der Waals surface area (Å²) in [6, 6.07) is 7.62. The molecule has 34 heavy (non-hydrogen) atoms. The first-order valence-electron chi connectivity index (χ1n) is 10.7. The number of nitrogens with zero attached hydrogens (tertiary/aromatic N) is 1. The van der Waals surface area contributed by atoms with Crippen molar-refractivity contribution in [1.29, 1.82) is 0 Å². The van der Waals surface area contributed by atoms with Crippen LogP contribution in [0.1, 0.15) is 43.2 Å². The average molecular weight is 486 g/mol. The Labute approximate surface area is 201 Å². The quantitative estimate of drug-likeness (QED) is 0.318. The molecule has 0 unspecified atom stereocenters. The summed E-state index contributed by atoms with van der Waals surface area (Å²) in [6.07, 6.45) is 1.68. The lowest BCUT2D eigenvalue weighted by molar-refractivity contribution is -0.122. The number of imide groups is 1. The van der Waals surface area contributed by atoms with Crippen molar-refractivity contribution >= 4 is 40.9 Å². The van der Waals surface area contributed by atoms with Crippen molar-refractivity contribution in [3.63, 3.8) is 0 Å². The highest BCUT2D eigenvalue weighted by Gasteiger charge is 2.34. The van der Waals surface area contributed by atoms with Gasteiger partial charge in [0.25, 0.3) is 17.1 Å². The van der Waals surface area contributed by atoms with Gasteiger partial charge in [0, 0.05) is 25.9 Å². The molecule has 3 amide bonds. The number of aryl methyl sites for hydroxylation is 2. The van der Waals surface area contributed by atoms with Gasteiger partial charge in [0.05, 0.1) is 17.1 Å². The Kier molecular flexibility index (Phi) is 8.30. The van der Waals surface area contributed by atoms with Crippen LogP contribution < -0.4 is 5.32 Å². The van der Waals surface area contributed by atoms with Gasteiger partial charge < -0.3 is 19.8 Å². The van der Waals surface area contributed by atoms with Gasteiger partial charge in [-0.2, -0.15) is 0 Å². The molecule has 1 aromatic heterocycles. The van der Waals surface area contributed by atoms with Gasteiger partial charge in [-0.25, -0.2) is 4.79 Å². The molecule has 9 nitrogen and oxygen atoms in total. The number of amides is 3. The zero-order valence-electron chi connectivity index (χ0n) is 19.5. The van der Waals surface area contributed by atoms with Crippen LogP contribution in [0.5, 0.6) is 0 Å². The molecule has 0 saturated carbocycles.